The zero-order valence-electron chi connectivity index (χ0n) is 8.98. The molecule has 0 spiro atoms. The van der Waals surface area contributed by atoms with E-state index in [1.807, 2.05) is 0 Å². The lowest BCUT2D eigenvalue weighted by Crippen LogP contribution is -2.22. The predicted molar refractivity (Wildman–Crippen MR) is 60.5 cm³/mol. The summed E-state index contributed by atoms with van der Waals surface area (Å²) in [6.45, 7) is 4.87. The highest BCUT2D eigenvalue weighted by Gasteiger charge is 2.17. The molecule has 0 bridgehead atoms. The molecule has 1 rings (SSSR count). The van der Waals surface area contributed by atoms with Gasteiger partial charge in [-0.3, -0.25) is 4.72 Å². The van der Waals surface area contributed by atoms with Gasteiger partial charge < -0.3 is 5.11 Å². The van der Waals surface area contributed by atoms with E-state index >= 15 is 0 Å². The number of anilines is 1. The Kier molecular flexibility index (Phi) is 3.24. The molecule has 4 nitrogen and oxygen atoms in total. The third-order valence-electron chi connectivity index (χ3n) is 2.11. The number of aromatic hydroxyl groups is 1. The van der Waals surface area contributed by atoms with Crippen molar-refractivity contribution in [2.24, 2.45) is 0 Å². The first-order valence-corrected chi connectivity index (χ1v) is 6.19. The van der Waals surface area contributed by atoms with Crippen molar-refractivity contribution in [1.82, 2.24) is 0 Å². The van der Waals surface area contributed by atoms with Crippen LogP contribution in [0, 0.1) is 6.92 Å². The number of rotatable bonds is 3. The standard InChI is InChI=1S/C10H15NO3S/c1-7(2)15(13,14)11-9-6-4-5-8(3)10(9)12/h4-7,11-12H,1-3H3. The average molecular weight is 229 g/mol. The number of sulfonamides is 1. The average Bonchev–Trinajstić information content (AvgIpc) is 2.12. The molecule has 0 fully saturated rings. The lowest BCUT2D eigenvalue weighted by Gasteiger charge is -2.12. The molecule has 0 heterocycles. The molecule has 2 N–H and O–H groups in total. The maximum atomic E-state index is 11.5. The lowest BCUT2D eigenvalue weighted by molar-refractivity contribution is 0.473. The molecule has 0 saturated heterocycles. The zero-order chi connectivity index (χ0) is 11.6. The molecule has 1 aromatic carbocycles. The molecule has 5 heteroatoms. The number of benzene rings is 1. The van der Waals surface area contributed by atoms with Gasteiger partial charge in [-0.05, 0) is 32.4 Å². The quantitative estimate of drug-likeness (QED) is 0.777. The van der Waals surface area contributed by atoms with Crippen molar-refractivity contribution in [1.29, 1.82) is 0 Å². The minimum Gasteiger partial charge on any atom is -0.505 e. The van der Waals surface area contributed by atoms with Gasteiger partial charge in [0.15, 0.2) is 0 Å². The van der Waals surface area contributed by atoms with Crippen LogP contribution in [0.4, 0.5) is 5.69 Å². The van der Waals surface area contributed by atoms with Crippen molar-refractivity contribution in [2.75, 3.05) is 4.72 Å². The Bertz CT molecular complexity index is 452. The van der Waals surface area contributed by atoms with Crippen LogP contribution in [0.5, 0.6) is 5.75 Å². The van der Waals surface area contributed by atoms with Gasteiger partial charge in [-0.1, -0.05) is 12.1 Å². The highest BCUT2D eigenvalue weighted by molar-refractivity contribution is 7.93. The fourth-order valence-electron chi connectivity index (χ4n) is 1.01. The molecule has 84 valence electrons. The largest absolute Gasteiger partial charge is 0.505 e. The Morgan fingerprint density at radius 1 is 1.33 bits per heavy atom. The Morgan fingerprint density at radius 2 is 1.93 bits per heavy atom. The molecule has 0 aliphatic rings. The van der Waals surface area contributed by atoms with Crippen molar-refractivity contribution < 1.29 is 13.5 Å². The van der Waals surface area contributed by atoms with Crippen molar-refractivity contribution in [3.05, 3.63) is 23.8 Å². The first kappa shape index (κ1) is 11.8. The van der Waals surface area contributed by atoms with Crippen LogP contribution in [0.3, 0.4) is 0 Å². The van der Waals surface area contributed by atoms with E-state index in [2.05, 4.69) is 4.72 Å². The van der Waals surface area contributed by atoms with Gasteiger partial charge in [0.25, 0.3) is 0 Å². The number of para-hydroxylation sites is 1. The van der Waals surface area contributed by atoms with Crippen LogP contribution in [-0.2, 0) is 10.0 Å². The summed E-state index contributed by atoms with van der Waals surface area (Å²) in [5, 5.41) is 9.09. The molecular weight excluding hydrogens is 214 g/mol. The summed E-state index contributed by atoms with van der Waals surface area (Å²) in [6.07, 6.45) is 0. The van der Waals surface area contributed by atoms with Crippen molar-refractivity contribution in [3.63, 3.8) is 0 Å². The molecule has 15 heavy (non-hydrogen) atoms. The van der Waals surface area contributed by atoms with Crippen molar-refractivity contribution in [3.8, 4) is 5.75 Å². The molecule has 0 amide bonds. The molecule has 0 unspecified atom stereocenters. The van der Waals surface area contributed by atoms with Crippen LogP contribution in [0.1, 0.15) is 19.4 Å². The topological polar surface area (TPSA) is 66.4 Å². The van der Waals surface area contributed by atoms with Crippen LogP contribution in [0.25, 0.3) is 0 Å². The van der Waals surface area contributed by atoms with E-state index in [-0.39, 0.29) is 11.4 Å². The Balaban J connectivity index is 3.06. The van der Waals surface area contributed by atoms with Gasteiger partial charge in [-0.2, -0.15) is 0 Å². The van der Waals surface area contributed by atoms with Gasteiger partial charge in [0.2, 0.25) is 10.0 Å². The fraction of sp³-hybridized carbons (Fsp3) is 0.400. The zero-order valence-corrected chi connectivity index (χ0v) is 9.80. The van der Waals surface area contributed by atoms with Crippen LogP contribution in [0.2, 0.25) is 0 Å². The van der Waals surface area contributed by atoms with Gasteiger partial charge >= 0.3 is 0 Å². The summed E-state index contributed by atoms with van der Waals surface area (Å²) in [4.78, 5) is 0. The summed E-state index contributed by atoms with van der Waals surface area (Å²) >= 11 is 0. The van der Waals surface area contributed by atoms with E-state index in [0.29, 0.717) is 5.56 Å². The van der Waals surface area contributed by atoms with Gasteiger partial charge in [-0.25, -0.2) is 8.42 Å². The highest BCUT2D eigenvalue weighted by Crippen LogP contribution is 2.27. The maximum absolute atomic E-state index is 11.5. The molecule has 0 aliphatic carbocycles. The molecule has 0 aliphatic heterocycles. The second-order valence-corrected chi connectivity index (χ2v) is 5.90. The molecule has 0 aromatic heterocycles. The first-order chi connectivity index (χ1) is 6.84. The van der Waals surface area contributed by atoms with Gasteiger partial charge in [0.05, 0.1) is 10.9 Å². The SMILES string of the molecule is Cc1cccc(NS(=O)(=O)C(C)C)c1O. The van der Waals surface area contributed by atoms with Crippen LogP contribution in [-0.4, -0.2) is 18.8 Å². The minimum atomic E-state index is -3.40. The summed E-state index contributed by atoms with van der Waals surface area (Å²) in [7, 11) is -3.40. The highest BCUT2D eigenvalue weighted by atomic mass is 32.2. The van der Waals surface area contributed by atoms with Crippen molar-refractivity contribution in [2.45, 2.75) is 26.0 Å². The third-order valence-corrected chi connectivity index (χ3v) is 3.86. The fourth-order valence-corrected chi connectivity index (χ4v) is 1.72. The van der Waals surface area contributed by atoms with Gasteiger partial charge in [0, 0.05) is 0 Å². The Hall–Kier alpha value is -1.23. The molecule has 1 aromatic rings. The van der Waals surface area contributed by atoms with E-state index in [0.717, 1.165) is 0 Å². The molecule has 0 atom stereocenters. The number of phenolic OH excluding ortho intramolecular Hbond substituents is 1. The second kappa shape index (κ2) is 4.10. The number of phenols is 1. The van der Waals surface area contributed by atoms with E-state index in [1.165, 1.54) is 6.07 Å². The van der Waals surface area contributed by atoms with Gasteiger partial charge in [-0.15, -0.1) is 0 Å². The normalized spacial score (nSPS) is 11.7. The van der Waals surface area contributed by atoms with E-state index in [9.17, 15) is 13.5 Å². The Labute approximate surface area is 90.0 Å². The molecule has 0 radical (unpaired) electrons. The number of nitrogens with one attached hydrogen (secondary N) is 1. The minimum absolute atomic E-state index is 0.0262. The summed E-state index contributed by atoms with van der Waals surface area (Å²) in [5.74, 6) is -0.0262. The molecule has 0 saturated carbocycles. The Morgan fingerprint density at radius 3 is 2.47 bits per heavy atom. The summed E-state index contributed by atoms with van der Waals surface area (Å²) < 4.78 is 25.4. The van der Waals surface area contributed by atoms with Crippen molar-refractivity contribution >= 4 is 15.7 Å². The maximum Gasteiger partial charge on any atom is 0.235 e. The first-order valence-electron chi connectivity index (χ1n) is 4.65. The van der Waals surface area contributed by atoms with E-state index in [4.69, 9.17) is 0 Å². The summed E-state index contributed by atoms with van der Waals surface area (Å²) in [5.41, 5.74) is 0.864. The lowest BCUT2D eigenvalue weighted by atomic mass is 10.2. The number of hydrogen-bond donors (Lipinski definition) is 2. The smallest absolute Gasteiger partial charge is 0.235 e. The van der Waals surface area contributed by atoms with Crippen LogP contribution < -0.4 is 4.72 Å². The van der Waals surface area contributed by atoms with E-state index < -0.39 is 15.3 Å². The van der Waals surface area contributed by atoms with Gasteiger partial charge in [0.1, 0.15) is 5.75 Å². The molecular formula is C10H15NO3S. The number of hydrogen-bond acceptors (Lipinski definition) is 3. The number of aryl methyl sites for hydroxylation is 1. The predicted octanol–water partition coefficient (Wildman–Crippen LogP) is 1.85. The second-order valence-electron chi connectivity index (χ2n) is 3.67. The van der Waals surface area contributed by atoms with Crippen LogP contribution in [0.15, 0.2) is 18.2 Å². The van der Waals surface area contributed by atoms with Crippen LogP contribution >= 0.6 is 0 Å². The monoisotopic (exact) mass is 229 g/mol. The third kappa shape index (κ3) is 2.62. The summed E-state index contributed by atoms with van der Waals surface area (Å²) in [6, 6.07) is 4.93. The van der Waals surface area contributed by atoms with E-state index in [1.54, 1.807) is 32.9 Å².